The molecule has 0 aromatic heterocycles. The second-order valence-electron chi connectivity index (χ2n) is 8.55. The van der Waals surface area contributed by atoms with Crippen molar-refractivity contribution < 1.29 is 28.7 Å². The number of rotatable bonds is 8. The number of Topliss-reactive ketones (excluding diaryl/α,β-unsaturated/α-hetero) is 1. The lowest BCUT2D eigenvalue weighted by atomic mass is 9.95. The zero-order valence-corrected chi connectivity index (χ0v) is 18.9. The van der Waals surface area contributed by atoms with Crippen LogP contribution in [0.3, 0.4) is 0 Å². The largest absolute Gasteiger partial charge is 0.507 e. The number of likely N-dealkylation sites (tertiary alicyclic amines) is 1. The third kappa shape index (κ3) is 5.16. The van der Waals surface area contributed by atoms with Crippen LogP contribution in [-0.2, 0) is 9.59 Å². The molecule has 0 bridgehead atoms. The molecule has 2 aromatic carbocycles. The van der Waals surface area contributed by atoms with E-state index in [9.17, 15) is 19.1 Å². The molecule has 2 N–H and O–H groups in total. The molecule has 6 nitrogen and oxygen atoms in total. The fraction of sp³-hybridized carbons (Fsp3) is 0.360. The van der Waals surface area contributed by atoms with Crippen LogP contribution in [0.2, 0.25) is 0 Å². The molecule has 0 unspecified atom stereocenters. The minimum atomic E-state index is -0.739. The van der Waals surface area contributed by atoms with E-state index in [1.165, 1.54) is 34.1 Å². The molecule has 1 aliphatic rings. The Balaban J connectivity index is 2.05. The van der Waals surface area contributed by atoms with E-state index >= 15 is 0 Å². The Morgan fingerprint density at radius 3 is 2.28 bits per heavy atom. The first-order valence-corrected chi connectivity index (χ1v) is 10.8. The predicted octanol–water partition coefficient (Wildman–Crippen LogP) is 2.57. The molecule has 170 valence electrons. The number of amides is 1. The monoisotopic (exact) mass is 441 g/mol. The summed E-state index contributed by atoms with van der Waals surface area (Å²) in [6.45, 7) is 5.07. The average molecular weight is 442 g/mol. The van der Waals surface area contributed by atoms with Gasteiger partial charge in [-0.3, -0.25) is 9.59 Å². The summed E-state index contributed by atoms with van der Waals surface area (Å²) in [5.41, 5.74) is 0.990. The highest BCUT2D eigenvalue weighted by Gasteiger charge is 2.45. The first kappa shape index (κ1) is 23.5. The summed E-state index contributed by atoms with van der Waals surface area (Å²) in [6, 6.07) is 11.6. The van der Waals surface area contributed by atoms with Crippen LogP contribution in [0.5, 0.6) is 5.75 Å². The highest BCUT2D eigenvalue weighted by Crippen LogP contribution is 2.39. The zero-order chi connectivity index (χ0) is 23.4. The Hall–Kier alpha value is -3.19. The molecule has 0 saturated carbocycles. The maximum Gasteiger partial charge on any atom is 0.295 e. The van der Waals surface area contributed by atoms with Gasteiger partial charge in [-0.15, -0.1) is 0 Å². The molecule has 1 amide bonds. The molecule has 2 aromatic rings. The summed E-state index contributed by atoms with van der Waals surface area (Å²) in [6.07, 6.45) is 0.718. The number of ketones is 1. The zero-order valence-electron chi connectivity index (χ0n) is 18.9. The van der Waals surface area contributed by atoms with Crippen molar-refractivity contribution in [2.75, 3.05) is 27.2 Å². The summed E-state index contributed by atoms with van der Waals surface area (Å²) >= 11 is 0. The minimum Gasteiger partial charge on any atom is -0.507 e. The van der Waals surface area contributed by atoms with Gasteiger partial charge in [0.15, 0.2) is 0 Å². The van der Waals surface area contributed by atoms with Gasteiger partial charge in [0.2, 0.25) is 0 Å². The second-order valence-corrected chi connectivity index (χ2v) is 8.55. The van der Waals surface area contributed by atoms with Gasteiger partial charge in [-0.1, -0.05) is 12.1 Å². The third-order valence-electron chi connectivity index (χ3n) is 5.30. The molecule has 0 radical (unpaired) electrons. The molecule has 0 aliphatic carbocycles. The molecule has 1 heterocycles. The van der Waals surface area contributed by atoms with Crippen molar-refractivity contribution in [1.29, 1.82) is 0 Å². The normalized spacial score (nSPS) is 18.1. The molecule has 1 atom stereocenters. The summed E-state index contributed by atoms with van der Waals surface area (Å²) in [7, 11) is 4.04. The summed E-state index contributed by atoms with van der Waals surface area (Å²) in [5, 5.41) is 11.0. The number of nitrogens with one attached hydrogen (secondary N) is 1. The maximum absolute atomic E-state index is 13.4. The summed E-state index contributed by atoms with van der Waals surface area (Å²) in [4.78, 5) is 28.6. The van der Waals surface area contributed by atoms with Crippen molar-refractivity contribution in [1.82, 2.24) is 4.90 Å². The van der Waals surface area contributed by atoms with Crippen molar-refractivity contribution in [2.24, 2.45) is 0 Å². The predicted molar refractivity (Wildman–Crippen MR) is 120 cm³/mol. The summed E-state index contributed by atoms with van der Waals surface area (Å²) in [5.74, 6) is -1.47. The van der Waals surface area contributed by atoms with Gasteiger partial charge in [0, 0.05) is 18.5 Å². The smallest absolute Gasteiger partial charge is 0.295 e. The Kier molecular flexibility index (Phi) is 7.30. The SMILES string of the molecule is CC(C)Oc1ccc([C@H]2/C(=C(/O)c3ccc(F)cc3)C(=O)C(=O)N2CCC[NH+](C)C)cc1. The van der Waals surface area contributed by atoms with Crippen LogP contribution in [-0.4, -0.2) is 55.0 Å². The lowest BCUT2D eigenvalue weighted by Crippen LogP contribution is -3.05. The van der Waals surface area contributed by atoms with Crippen LogP contribution in [0.15, 0.2) is 54.1 Å². The van der Waals surface area contributed by atoms with E-state index in [4.69, 9.17) is 4.74 Å². The fourth-order valence-electron chi connectivity index (χ4n) is 3.82. The van der Waals surface area contributed by atoms with Gasteiger partial charge in [-0.25, -0.2) is 4.39 Å². The summed E-state index contributed by atoms with van der Waals surface area (Å²) < 4.78 is 19.1. The number of hydrogen-bond donors (Lipinski definition) is 2. The Labute approximate surface area is 187 Å². The topological polar surface area (TPSA) is 71.3 Å². The maximum atomic E-state index is 13.4. The van der Waals surface area contributed by atoms with Crippen LogP contribution in [0, 0.1) is 5.82 Å². The lowest BCUT2D eigenvalue weighted by Gasteiger charge is -2.25. The molecular weight excluding hydrogens is 411 g/mol. The van der Waals surface area contributed by atoms with Crippen molar-refractivity contribution in [3.63, 3.8) is 0 Å². The van der Waals surface area contributed by atoms with Gasteiger partial charge in [0.25, 0.3) is 11.7 Å². The molecule has 3 rings (SSSR count). The minimum absolute atomic E-state index is 0.0105. The number of benzene rings is 2. The highest BCUT2D eigenvalue weighted by molar-refractivity contribution is 6.46. The molecule has 1 aliphatic heterocycles. The number of carbonyl (C=O) groups excluding carboxylic acids is 2. The van der Waals surface area contributed by atoms with Crippen molar-refractivity contribution in [2.45, 2.75) is 32.4 Å². The average Bonchev–Trinajstić information content (AvgIpc) is 2.99. The standard InChI is InChI=1S/C25H29FN2O4/c1-16(2)32-20-12-8-17(9-13-20)22-21(23(29)18-6-10-19(26)11-7-18)24(30)25(31)28(22)15-5-14-27(3)4/h6-13,16,22,29H,5,14-15H2,1-4H3/p+1/b23-21-/t22-/m0/s1. The van der Waals surface area contributed by atoms with Crippen molar-refractivity contribution in [3.8, 4) is 5.75 Å². The number of hydrogen-bond acceptors (Lipinski definition) is 4. The number of quaternary nitrogens is 1. The van der Waals surface area contributed by atoms with Gasteiger partial charge < -0.3 is 19.6 Å². The Bertz CT molecular complexity index is 998. The Morgan fingerprint density at radius 1 is 1.09 bits per heavy atom. The van der Waals surface area contributed by atoms with Gasteiger partial charge in [-0.2, -0.15) is 0 Å². The number of aliphatic hydroxyl groups excluding tert-OH is 1. The van der Waals surface area contributed by atoms with E-state index in [-0.39, 0.29) is 23.0 Å². The van der Waals surface area contributed by atoms with E-state index in [0.717, 1.165) is 6.54 Å². The van der Waals surface area contributed by atoms with Gasteiger partial charge in [-0.05, 0) is 55.8 Å². The quantitative estimate of drug-likeness (QED) is 0.375. The molecule has 1 fully saturated rings. The fourth-order valence-corrected chi connectivity index (χ4v) is 3.82. The van der Waals surface area contributed by atoms with E-state index in [2.05, 4.69) is 0 Å². The number of aliphatic hydroxyl groups is 1. The number of carbonyl (C=O) groups is 2. The van der Waals surface area contributed by atoms with E-state index in [1.54, 1.807) is 24.3 Å². The van der Waals surface area contributed by atoms with Crippen LogP contribution in [0.1, 0.15) is 37.4 Å². The van der Waals surface area contributed by atoms with Crippen molar-refractivity contribution >= 4 is 17.4 Å². The van der Waals surface area contributed by atoms with Gasteiger partial charge in [0.05, 0.1) is 38.4 Å². The van der Waals surface area contributed by atoms with E-state index in [0.29, 0.717) is 24.3 Å². The highest BCUT2D eigenvalue weighted by atomic mass is 19.1. The van der Waals surface area contributed by atoms with Gasteiger partial charge in [0.1, 0.15) is 17.3 Å². The van der Waals surface area contributed by atoms with Crippen molar-refractivity contribution in [3.05, 3.63) is 71.0 Å². The first-order valence-electron chi connectivity index (χ1n) is 10.8. The van der Waals surface area contributed by atoms with Crippen LogP contribution in [0.4, 0.5) is 4.39 Å². The molecule has 32 heavy (non-hydrogen) atoms. The molecular formula is C25H30FN2O4+. The third-order valence-corrected chi connectivity index (χ3v) is 5.30. The van der Waals surface area contributed by atoms with Crippen LogP contribution in [0.25, 0.3) is 5.76 Å². The lowest BCUT2D eigenvalue weighted by molar-refractivity contribution is -0.858. The number of halogens is 1. The van der Waals surface area contributed by atoms with E-state index < -0.39 is 23.5 Å². The molecule has 0 spiro atoms. The molecule has 7 heteroatoms. The number of nitrogens with zero attached hydrogens (tertiary/aromatic N) is 1. The first-order chi connectivity index (χ1) is 15.2. The molecule has 1 saturated heterocycles. The van der Waals surface area contributed by atoms with E-state index in [1.807, 2.05) is 27.9 Å². The number of ether oxygens (including phenoxy) is 1. The van der Waals surface area contributed by atoms with Gasteiger partial charge >= 0.3 is 0 Å². The van der Waals surface area contributed by atoms with Crippen LogP contribution < -0.4 is 9.64 Å². The van der Waals surface area contributed by atoms with Crippen LogP contribution >= 0.6 is 0 Å². The second kappa shape index (κ2) is 9.96. The Morgan fingerprint density at radius 2 is 1.72 bits per heavy atom.